The van der Waals surface area contributed by atoms with Crippen molar-refractivity contribution in [2.75, 3.05) is 0 Å². The molecule has 0 rings (SSSR count). The number of unbranched alkanes of at least 4 members (excludes halogenated alkanes) is 15. The summed E-state index contributed by atoms with van der Waals surface area (Å²) in [5.74, 6) is 0. The molecular weight excluding hydrogens is 355 g/mol. The fraction of sp³-hybridized carbons (Fsp3) is 0.895. The van der Waals surface area contributed by atoms with E-state index in [4.69, 9.17) is 0 Å². The van der Waals surface area contributed by atoms with E-state index in [2.05, 4.69) is 39.7 Å². The maximum absolute atomic E-state index is 2.31. The quantitative estimate of drug-likeness (QED) is 0.183. The van der Waals surface area contributed by atoms with Crippen LogP contribution < -0.4 is 0 Å². The van der Waals surface area contributed by atoms with Gasteiger partial charge in [0.2, 0.25) is 0 Å². The summed E-state index contributed by atoms with van der Waals surface area (Å²) in [4.78, 5) is 0. The lowest BCUT2D eigenvalue weighted by Crippen LogP contribution is -1.83. The van der Waals surface area contributed by atoms with Crippen LogP contribution in [0.15, 0.2) is 10.2 Å². The SMILES string of the molecule is CCCCCCCCCCCCCCCCC/C=C\I. The van der Waals surface area contributed by atoms with Crippen molar-refractivity contribution in [3.05, 3.63) is 10.2 Å². The highest BCUT2D eigenvalue weighted by Gasteiger charge is 1.93. The molecule has 20 heavy (non-hydrogen) atoms. The third-order valence-corrected chi connectivity index (χ3v) is 4.57. The van der Waals surface area contributed by atoms with Gasteiger partial charge in [-0.2, -0.15) is 0 Å². The molecule has 0 aromatic carbocycles. The van der Waals surface area contributed by atoms with Crippen molar-refractivity contribution in [1.82, 2.24) is 0 Å². The zero-order valence-electron chi connectivity index (χ0n) is 13.8. The molecule has 0 aromatic heterocycles. The molecule has 0 aromatic rings. The Morgan fingerprint density at radius 2 is 0.900 bits per heavy atom. The van der Waals surface area contributed by atoms with Gasteiger partial charge in [-0.1, -0.05) is 125 Å². The molecule has 0 aliphatic heterocycles. The first-order valence-electron chi connectivity index (χ1n) is 9.17. The Balaban J connectivity index is 2.92. The lowest BCUT2D eigenvalue weighted by atomic mass is 10.0. The van der Waals surface area contributed by atoms with Gasteiger partial charge in [0.05, 0.1) is 0 Å². The average molecular weight is 392 g/mol. The van der Waals surface area contributed by atoms with Crippen molar-refractivity contribution in [1.29, 1.82) is 0 Å². The molecule has 0 saturated heterocycles. The van der Waals surface area contributed by atoms with Crippen LogP contribution in [0.2, 0.25) is 0 Å². The fourth-order valence-corrected chi connectivity index (χ4v) is 3.06. The van der Waals surface area contributed by atoms with Gasteiger partial charge in [0.1, 0.15) is 0 Å². The molecule has 0 aliphatic carbocycles. The Bertz CT molecular complexity index is 186. The molecule has 0 spiro atoms. The van der Waals surface area contributed by atoms with E-state index in [1.807, 2.05) is 0 Å². The lowest BCUT2D eigenvalue weighted by Gasteiger charge is -2.03. The highest BCUT2D eigenvalue weighted by Crippen LogP contribution is 2.13. The number of rotatable bonds is 16. The molecule has 0 bridgehead atoms. The van der Waals surface area contributed by atoms with Gasteiger partial charge in [0.25, 0.3) is 0 Å². The van der Waals surface area contributed by atoms with E-state index in [0.717, 1.165) is 0 Å². The molecule has 0 radical (unpaired) electrons. The number of allylic oxidation sites excluding steroid dienone is 1. The monoisotopic (exact) mass is 392 g/mol. The summed E-state index contributed by atoms with van der Waals surface area (Å²) >= 11 is 2.31. The smallest absolute Gasteiger partial charge is 0.0274 e. The van der Waals surface area contributed by atoms with Crippen molar-refractivity contribution in [2.24, 2.45) is 0 Å². The van der Waals surface area contributed by atoms with Gasteiger partial charge in [-0.25, -0.2) is 0 Å². The molecule has 0 amide bonds. The molecule has 120 valence electrons. The number of halogens is 1. The van der Waals surface area contributed by atoms with Crippen LogP contribution in [0.3, 0.4) is 0 Å². The van der Waals surface area contributed by atoms with Crippen LogP contribution in [0, 0.1) is 0 Å². The summed E-state index contributed by atoms with van der Waals surface area (Å²) < 4.78 is 2.14. The van der Waals surface area contributed by atoms with E-state index in [-0.39, 0.29) is 0 Å². The Labute approximate surface area is 142 Å². The topological polar surface area (TPSA) is 0 Å². The summed E-state index contributed by atoms with van der Waals surface area (Å²) in [6, 6.07) is 0. The second kappa shape index (κ2) is 19.5. The van der Waals surface area contributed by atoms with Crippen LogP contribution in [0.25, 0.3) is 0 Å². The van der Waals surface area contributed by atoms with Gasteiger partial charge in [-0.15, -0.1) is 0 Å². The highest BCUT2D eigenvalue weighted by molar-refractivity contribution is 14.1. The lowest BCUT2D eigenvalue weighted by molar-refractivity contribution is 0.533. The molecule has 0 saturated carbocycles. The fourth-order valence-electron chi connectivity index (χ4n) is 2.70. The predicted molar refractivity (Wildman–Crippen MR) is 103 cm³/mol. The first-order chi connectivity index (χ1) is 9.91. The maximum atomic E-state index is 2.31. The Kier molecular flexibility index (Phi) is 19.9. The van der Waals surface area contributed by atoms with Crippen LogP contribution in [-0.2, 0) is 0 Å². The second-order valence-corrected chi connectivity index (χ2v) is 6.82. The largest absolute Gasteiger partial charge is 0.0785 e. The number of hydrogen-bond acceptors (Lipinski definition) is 0. The highest BCUT2D eigenvalue weighted by atomic mass is 127. The molecule has 0 atom stereocenters. The van der Waals surface area contributed by atoms with Crippen molar-refractivity contribution in [2.45, 2.75) is 110 Å². The molecule has 0 aliphatic rings. The number of hydrogen-bond donors (Lipinski definition) is 0. The van der Waals surface area contributed by atoms with Gasteiger partial charge in [-0.05, 0) is 16.9 Å². The van der Waals surface area contributed by atoms with Gasteiger partial charge in [-0.3, -0.25) is 0 Å². The summed E-state index contributed by atoms with van der Waals surface area (Å²) in [6.45, 7) is 2.29. The van der Waals surface area contributed by atoms with Crippen LogP contribution in [0.1, 0.15) is 110 Å². The van der Waals surface area contributed by atoms with E-state index in [1.165, 1.54) is 103 Å². The third kappa shape index (κ3) is 18.5. The minimum Gasteiger partial charge on any atom is -0.0785 e. The molecule has 0 unspecified atom stereocenters. The zero-order valence-corrected chi connectivity index (χ0v) is 16.0. The van der Waals surface area contributed by atoms with Crippen LogP contribution in [0.4, 0.5) is 0 Å². The van der Waals surface area contributed by atoms with Crippen molar-refractivity contribution in [3.8, 4) is 0 Å². The minimum atomic E-state index is 1.28. The summed E-state index contributed by atoms with van der Waals surface area (Å²) in [6.07, 6.45) is 25.4. The third-order valence-electron chi connectivity index (χ3n) is 4.06. The van der Waals surface area contributed by atoms with E-state index >= 15 is 0 Å². The van der Waals surface area contributed by atoms with Gasteiger partial charge in [0, 0.05) is 0 Å². The van der Waals surface area contributed by atoms with Crippen LogP contribution in [-0.4, -0.2) is 0 Å². The predicted octanol–water partition coefficient (Wildman–Crippen LogP) is 8.20. The molecule has 0 nitrogen and oxygen atoms in total. The molecule has 1 heteroatoms. The standard InChI is InChI=1S/C19H37I/c1-2-3-4-5-6-7-8-9-10-11-12-13-14-15-16-17-18-19-20/h18-19H,2-17H2,1H3/b19-18-. The molecule has 0 fully saturated rings. The summed E-state index contributed by atoms with van der Waals surface area (Å²) in [5, 5.41) is 0. The van der Waals surface area contributed by atoms with Crippen LogP contribution in [0.5, 0.6) is 0 Å². The second-order valence-electron chi connectivity index (χ2n) is 6.10. The van der Waals surface area contributed by atoms with Gasteiger partial charge >= 0.3 is 0 Å². The van der Waals surface area contributed by atoms with Crippen molar-refractivity contribution >= 4 is 22.6 Å². The first-order valence-corrected chi connectivity index (χ1v) is 10.4. The Hall–Kier alpha value is 0.470. The van der Waals surface area contributed by atoms with E-state index in [0.29, 0.717) is 0 Å². The summed E-state index contributed by atoms with van der Waals surface area (Å²) in [7, 11) is 0. The Morgan fingerprint density at radius 3 is 1.25 bits per heavy atom. The molecule has 0 heterocycles. The average Bonchev–Trinajstić information content (AvgIpc) is 2.47. The molecular formula is C19H37I. The van der Waals surface area contributed by atoms with Gasteiger partial charge in [0.15, 0.2) is 0 Å². The minimum absolute atomic E-state index is 1.28. The molecule has 0 N–H and O–H groups in total. The first kappa shape index (κ1) is 20.5. The van der Waals surface area contributed by atoms with E-state index < -0.39 is 0 Å². The van der Waals surface area contributed by atoms with Crippen molar-refractivity contribution in [3.63, 3.8) is 0 Å². The van der Waals surface area contributed by atoms with Gasteiger partial charge < -0.3 is 0 Å². The Morgan fingerprint density at radius 1 is 0.550 bits per heavy atom. The van der Waals surface area contributed by atoms with Crippen LogP contribution >= 0.6 is 22.6 Å². The van der Waals surface area contributed by atoms with E-state index in [1.54, 1.807) is 0 Å². The maximum Gasteiger partial charge on any atom is -0.0274 e. The normalized spacial score (nSPS) is 11.5. The summed E-state index contributed by atoms with van der Waals surface area (Å²) in [5.41, 5.74) is 0. The van der Waals surface area contributed by atoms with Crippen molar-refractivity contribution < 1.29 is 0 Å². The van der Waals surface area contributed by atoms with E-state index in [9.17, 15) is 0 Å². The zero-order chi connectivity index (χ0) is 14.7.